The SMILES string of the molecule is CCCC1CN([C@H](CO)Cc2ccccc2)C1. The minimum absolute atomic E-state index is 0.272. The molecular weight excluding hydrogens is 210 g/mol. The van der Waals surface area contributed by atoms with Crippen molar-refractivity contribution in [2.75, 3.05) is 19.7 Å². The summed E-state index contributed by atoms with van der Waals surface area (Å²) in [6.07, 6.45) is 3.58. The molecule has 0 amide bonds. The first-order chi connectivity index (χ1) is 8.33. The number of aliphatic hydroxyl groups excluding tert-OH is 1. The van der Waals surface area contributed by atoms with Crippen LogP contribution >= 0.6 is 0 Å². The van der Waals surface area contributed by atoms with Crippen LogP contribution in [0.3, 0.4) is 0 Å². The van der Waals surface area contributed by atoms with Gasteiger partial charge in [0, 0.05) is 19.1 Å². The highest BCUT2D eigenvalue weighted by atomic mass is 16.3. The van der Waals surface area contributed by atoms with Crippen molar-refractivity contribution in [2.24, 2.45) is 5.92 Å². The van der Waals surface area contributed by atoms with Gasteiger partial charge < -0.3 is 5.11 Å². The number of rotatable bonds is 6. The van der Waals surface area contributed by atoms with Crippen molar-refractivity contribution in [3.05, 3.63) is 35.9 Å². The van der Waals surface area contributed by atoms with Gasteiger partial charge in [0.2, 0.25) is 0 Å². The van der Waals surface area contributed by atoms with Gasteiger partial charge >= 0.3 is 0 Å². The zero-order valence-corrected chi connectivity index (χ0v) is 10.7. The number of aliphatic hydroxyl groups is 1. The van der Waals surface area contributed by atoms with Crippen LogP contribution in [0.25, 0.3) is 0 Å². The van der Waals surface area contributed by atoms with Gasteiger partial charge in [0.15, 0.2) is 0 Å². The lowest BCUT2D eigenvalue weighted by Gasteiger charge is -2.44. The Morgan fingerprint density at radius 3 is 2.59 bits per heavy atom. The second-order valence-electron chi connectivity index (χ2n) is 5.13. The van der Waals surface area contributed by atoms with Crippen molar-refractivity contribution in [1.29, 1.82) is 0 Å². The monoisotopic (exact) mass is 233 g/mol. The van der Waals surface area contributed by atoms with Gasteiger partial charge in [-0.3, -0.25) is 4.90 Å². The van der Waals surface area contributed by atoms with Crippen molar-refractivity contribution < 1.29 is 5.11 Å². The summed E-state index contributed by atoms with van der Waals surface area (Å²) in [5, 5.41) is 9.50. The van der Waals surface area contributed by atoms with Crippen molar-refractivity contribution >= 4 is 0 Å². The molecule has 1 atom stereocenters. The lowest BCUT2D eigenvalue weighted by atomic mass is 9.91. The van der Waals surface area contributed by atoms with E-state index >= 15 is 0 Å². The van der Waals surface area contributed by atoms with Crippen LogP contribution in [0.15, 0.2) is 30.3 Å². The third-order valence-corrected chi connectivity index (χ3v) is 3.72. The van der Waals surface area contributed by atoms with Crippen LogP contribution in [-0.4, -0.2) is 35.7 Å². The van der Waals surface area contributed by atoms with E-state index in [1.165, 1.54) is 31.5 Å². The molecule has 1 N–H and O–H groups in total. The summed E-state index contributed by atoms with van der Waals surface area (Å²) in [5.74, 6) is 0.866. The van der Waals surface area contributed by atoms with Crippen molar-refractivity contribution in [1.82, 2.24) is 4.90 Å². The van der Waals surface area contributed by atoms with Crippen LogP contribution in [0.1, 0.15) is 25.3 Å². The molecule has 17 heavy (non-hydrogen) atoms. The standard InChI is InChI=1S/C15H23NO/c1-2-6-14-10-16(11-14)15(12-17)9-13-7-4-3-5-8-13/h3-5,7-8,14-15,17H,2,6,9-12H2,1H3/t15-/m0/s1. The summed E-state index contributed by atoms with van der Waals surface area (Å²) in [4.78, 5) is 2.42. The molecule has 0 aromatic heterocycles. The van der Waals surface area contributed by atoms with E-state index in [2.05, 4.69) is 36.1 Å². The average Bonchev–Trinajstić information content (AvgIpc) is 2.32. The molecule has 1 saturated heterocycles. The Hall–Kier alpha value is -0.860. The number of benzene rings is 1. The van der Waals surface area contributed by atoms with E-state index in [1.54, 1.807) is 0 Å². The first-order valence-electron chi connectivity index (χ1n) is 6.72. The highest BCUT2D eigenvalue weighted by molar-refractivity contribution is 5.16. The summed E-state index contributed by atoms with van der Waals surface area (Å²) in [6, 6.07) is 10.8. The number of hydrogen-bond acceptors (Lipinski definition) is 2. The molecule has 0 unspecified atom stereocenters. The predicted molar refractivity (Wildman–Crippen MR) is 71.0 cm³/mol. The topological polar surface area (TPSA) is 23.5 Å². The molecule has 2 rings (SSSR count). The van der Waals surface area contributed by atoms with E-state index in [0.29, 0.717) is 6.04 Å². The van der Waals surface area contributed by atoms with Gasteiger partial charge in [0.25, 0.3) is 0 Å². The number of hydrogen-bond donors (Lipinski definition) is 1. The molecule has 1 aliphatic rings. The molecule has 0 spiro atoms. The summed E-state index contributed by atoms with van der Waals surface area (Å²) in [5.41, 5.74) is 1.32. The number of likely N-dealkylation sites (tertiary alicyclic amines) is 1. The van der Waals surface area contributed by atoms with E-state index in [9.17, 15) is 5.11 Å². The summed E-state index contributed by atoms with van der Waals surface area (Å²) in [6.45, 7) is 4.86. The fraction of sp³-hybridized carbons (Fsp3) is 0.600. The summed E-state index contributed by atoms with van der Waals surface area (Å²) in [7, 11) is 0. The Morgan fingerprint density at radius 2 is 2.00 bits per heavy atom. The Morgan fingerprint density at radius 1 is 1.29 bits per heavy atom. The van der Waals surface area contributed by atoms with Crippen molar-refractivity contribution in [2.45, 2.75) is 32.2 Å². The fourth-order valence-corrected chi connectivity index (χ4v) is 2.69. The first-order valence-corrected chi connectivity index (χ1v) is 6.72. The molecule has 1 aliphatic heterocycles. The van der Waals surface area contributed by atoms with Gasteiger partial charge in [-0.2, -0.15) is 0 Å². The van der Waals surface area contributed by atoms with E-state index < -0.39 is 0 Å². The normalized spacial score (nSPS) is 18.9. The minimum Gasteiger partial charge on any atom is -0.395 e. The molecule has 0 bridgehead atoms. The van der Waals surface area contributed by atoms with Crippen LogP contribution in [0.2, 0.25) is 0 Å². The van der Waals surface area contributed by atoms with E-state index in [1.807, 2.05) is 6.07 Å². The van der Waals surface area contributed by atoms with Gasteiger partial charge in [-0.05, 0) is 24.3 Å². The largest absolute Gasteiger partial charge is 0.395 e. The first kappa shape index (κ1) is 12.6. The molecular formula is C15H23NO. The summed E-state index contributed by atoms with van der Waals surface area (Å²) < 4.78 is 0. The van der Waals surface area contributed by atoms with Crippen LogP contribution < -0.4 is 0 Å². The Bertz CT molecular complexity index is 319. The van der Waals surface area contributed by atoms with Crippen LogP contribution in [-0.2, 0) is 6.42 Å². The smallest absolute Gasteiger partial charge is 0.0590 e. The van der Waals surface area contributed by atoms with Gasteiger partial charge in [0.05, 0.1) is 6.61 Å². The highest BCUT2D eigenvalue weighted by Crippen LogP contribution is 2.24. The van der Waals surface area contributed by atoms with Crippen LogP contribution in [0.5, 0.6) is 0 Å². The summed E-state index contributed by atoms with van der Waals surface area (Å²) >= 11 is 0. The third-order valence-electron chi connectivity index (χ3n) is 3.72. The fourth-order valence-electron chi connectivity index (χ4n) is 2.69. The van der Waals surface area contributed by atoms with Gasteiger partial charge in [-0.15, -0.1) is 0 Å². The Kier molecular flexibility index (Phi) is 4.57. The maximum absolute atomic E-state index is 9.50. The van der Waals surface area contributed by atoms with Crippen LogP contribution in [0, 0.1) is 5.92 Å². The molecule has 1 heterocycles. The molecule has 0 radical (unpaired) electrons. The van der Waals surface area contributed by atoms with Gasteiger partial charge in [-0.1, -0.05) is 43.7 Å². The second kappa shape index (κ2) is 6.18. The molecule has 2 heteroatoms. The molecule has 1 fully saturated rings. The van der Waals surface area contributed by atoms with Gasteiger partial charge in [0.1, 0.15) is 0 Å². The number of nitrogens with zero attached hydrogens (tertiary/aromatic N) is 1. The molecule has 2 nitrogen and oxygen atoms in total. The lowest BCUT2D eigenvalue weighted by Crippen LogP contribution is -2.54. The zero-order chi connectivity index (χ0) is 12.1. The Labute approximate surface area is 104 Å². The lowest BCUT2D eigenvalue weighted by molar-refractivity contribution is 0.0206. The average molecular weight is 233 g/mol. The van der Waals surface area contributed by atoms with Crippen molar-refractivity contribution in [3.63, 3.8) is 0 Å². The molecule has 1 aromatic rings. The second-order valence-corrected chi connectivity index (χ2v) is 5.13. The molecule has 0 saturated carbocycles. The quantitative estimate of drug-likeness (QED) is 0.815. The van der Waals surface area contributed by atoms with E-state index in [4.69, 9.17) is 0 Å². The predicted octanol–water partition coefficient (Wildman–Crippen LogP) is 2.32. The highest BCUT2D eigenvalue weighted by Gasteiger charge is 2.31. The molecule has 1 aromatic carbocycles. The van der Waals surface area contributed by atoms with E-state index in [-0.39, 0.29) is 6.61 Å². The Balaban J connectivity index is 1.82. The maximum Gasteiger partial charge on any atom is 0.0590 e. The molecule has 94 valence electrons. The van der Waals surface area contributed by atoms with Crippen LogP contribution in [0.4, 0.5) is 0 Å². The molecule has 0 aliphatic carbocycles. The van der Waals surface area contributed by atoms with Gasteiger partial charge in [-0.25, -0.2) is 0 Å². The maximum atomic E-state index is 9.50. The van der Waals surface area contributed by atoms with Crippen molar-refractivity contribution in [3.8, 4) is 0 Å². The minimum atomic E-state index is 0.272. The third kappa shape index (κ3) is 3.30. The van der Waals surface area contributed by atoms with E-state index in [0.717, 1.165) is 12.3 Å². The zero-order valence-electron chi connectivity index (χ0n) is 10.7.